The van der Waals surface area contributed by atoms with Gasteiger partial charge in [0.15, 0.2) is 0 Å². The smallest absolute Gasteiger partial charge is 0.343 e. The van der Waals surface area contributed by atoms with E-state index in [9.17, 15) is 0 Å². The number of hydrogen-bond donors (Lipinski definition) is 0. The van der Waals surface area contributed by atoms with E-state index in [0.717, 1.165) is 101 Å². The summed E-state index contributed by atoms with van der Waals surface area (Å²) in [4.78, 5) is 17.9. The number of rotatable bonds is 4. The van der Waals surface area contributed by atoms with Gasteiger partial charge in [-0.25, -0.2) is 9.97 Å². The number of fused-ring (bicyclic) bond motifs is 15. The van der Waals surface area contributed by atoms with E-state index in [2.05, 4.69) is 226 Å². The van der Waals surface area contributed by atoms with Gasteiger partial charge in [-0.15, -0.1) is 0 Å². The number of hydrogen-bond acceptors (Lipinski definition) is 5. The van der Waals surface area contributed by atoms with Crippen molar-refractivity contribution in [2.24, 2.45) is 0 Å². The highest BCUT2D eigenvalue weighted by molar-refractivity contribution is 6.80. The summed E-state index contributed by atoms with van der Waals surface area (Å²) in [5.41, 5.74) is 17.4. The van der Waals surface area contributed by atoms with E-state index in [1.165, 1.54) is 0 Å². The molecule has 6 heterocycles. The second-order valence-electron chi connectivity index (χ2n) is 15.6. The SMILES string of the molecule is c1ccc(-n2c3ccc(N4B5N(c6ccc7c(c6)n6c8ccccc8nc6n7-c6ccccc6)c6ccccc6N5c5ccccc54)cc3n3c4ccccc4nc23)cc1. The van der Waals surface area contributed by atoms with Crippen LogP contribution < -0.4 is 14.4 Å². The lowest BCUT2D eigenvalue weighted by molar-refractivity contribution is 1.11. The predicted octanol–water partition coefficient (Wildman–Crippen LogP) is 11.6. The summed E-state index contributed by atoms with van der Waals surface area (Å²) in [5, 5.41) is 0. The predicted molar refractivity (Wildman–Crippen MR) is 244 cm³/mol. The van der Waals surface area contributed by atoms with Crippen molar-refractivity contribution in [3.8, 4) is 11.4 Å². The van der Waals surface area contributed by atoms with Crippen molar-refractivity contribution < 1.29 is 0 Å². The summed E-state index contributed by atoms with van der Waals surface area (Å²) in [5.74, 6) is 1.78. The van der Waals surface area contributed by atoms with Crippen molar-refractivity contribution >= 4 is 96.9 Å². The second kappa shape index (κ2) is 11.7. The molecule has 0 spiro atoms. The average molecular weight is 770 g/mol. The zero-order valence-corrected chi connectivity index (χ0v) is 32.1. The zero-order valence-electron chi connectivity index (χ0n) is 32.1. The van der Waals surface area contributed by atoms with Gasteiger partial charge in [-0.2, -0.15) is 0 Å². The van der Waals surface area contributed by atoms with Crippen LogP contribution in [0, 0.1) is 0 Å². The fraction of sp³-hybridized carbons (Fsp3) is 0. The number of anilines is 6. The van der Waals surface area contributed by atoms with Crippen molar-refractivity contribution in [1.82, 2.24) is 27.9 Å². The van der Waals surface area contributed by atoms with Gasteiger partial charge < -0.3 is 14.4 Å². The maximum absolute atomic E-state index is 5.19. The second-order valence-corrected chi connectivity index (χ2v) is 15.6. The molecule has 0 aliphatic carbocycles. The first-order valence-corrected chi connectivity index (χ1v) is 20.3. The van der Waals surface area contributed by atoms with E-state index in [4.69, 9.17) is 9.97 Å². The molecule has 280 valence electrons. The standard InChI is InChI=1S/C50H32BN9/c1-3-15-33(16-4-1)54-41-29-27-35(31-47(41)56-39-21-9-7-19-37(39)52-49(54)56)58-43-23-11-13-25-45(43)60-46-26-14-12-24-44(46)59(51(58)60)36-28-30-42-48(32-36)57-40-22-10-8-20-38(40)53-50(57)55(42)34-17-5-2-6-18-34/h1-32H. The summed E-state index contributed by atoms with van der Waals surface area (Å²) in [6.07, 6.45) is 0. The molecule has 8 aromatic carbocycles. The van der Waals surface area contributed by atoms with Crippen molar-refractivity contribution in [3.05, 3.63) is 194 Å². The molecule has 14 rings (SSSR count). The van der Waals surface area contributed by atoms with Crippen molar-refractivity contribution in [2.45, 2.75) is 0 Å². The summed E-state index contributed by atoms with van der Waals surface area (Å²) >= 11 is 0. The number of imidazole rings is 4. The Morgan fingerprint density at radius 1 is 0.300 bits per heavy atom. The zero-order chi connectivity index (χ0) is 39.1. The minimum atomic E-state index is -0.229. The maximum atomic E-state index is 5.19. The minimum absolute atomic E-state index is 0.229. The van der Waals surface area contributed by atoms with Gasteiger partial charge in [0.2, 0.25) is 11.6 Å². The van der Waals surface area contributed by atoms with Crippen LogP contribution >= 0.6 is 0 Å². The fourth-order valence-corrected chi connectivity index (χ4v) is 10.0. The molecule has 12 aromatic rings. The lowest BCUT2D eigenvalue weighted by Crippen LogP contribution is -2.51. The molecule has 10 heteroatoms. The van der Waals surface area contributed by atoms with Crippen LogP contribution in [0.1, 0.15) is 0 Å². The third-order valence-electron chi connectivity index (χ3n) is 12.4. The van der Waals surface area contributed by atoms with Gasteiger partial charge in [0, 0.05) is 22.7 Å². The molecule has 0 N–H and O–H groups in total. The Kier molecular flexibility index (Phi) is 6.19. The normalized spacial score (nSPS) is 13.5. The fourth-order valence-electron chi connectivity index (χ4n) is 10.0. The van der Waals surface area contributed by atoms with Gasteiger partial charge in [-0.3, -0.25) is 17.9 Å². The van der Waals surface area contributed by atoms with Gasteiger partial charge in [0.05, 0.1) is 66.9 Å². The third kappa shape index (κ3) is 4.11. The first-order valence-electron chi connectivity index (χ1n) is 20.3. The molecule has 0 radical (unpaired) electrons. The van der Waals surface area contributed by atoms with Gasteiger partial charge in [0.25, 0.3) is 0 Å². The molecule has 0 bridgehead atoms. The quantitative estimate of drug-likeness (QED) is 0.167. The molecule has 0 saturated carbocycles. The number of para-hydroxylation sites is 10. The van der Waals surface area contributed by atoms with Crippen LogP contribution in [0.5, 0.6) is 0 Å². The molecule has 0 amide bonds. The molecule has 0 atom stereocenters. The summed E-state index contributed by atoms with van der Waals surface area (Å²) in [6.45, 7) is 0. The molecule has 2 aliphatic heterocycles. The van der Waals surface area contributed by atoms with Crippen LogP contribution in [0.4, 0.5) is 34.1 Å². The molecular weight excluding hydrogens is 737 g/mol. The van der Waals surface area contributed by atoms with E-state index in [-0.39, 0.29) is 7.12 Å². The van der Waals surface area contributed by atoms with Crippen LogP contribution in [0.2, 0.25) is 0 Å². The van der Waals surface area contributed by atoms with Gasteiger partial charge in [-0.1, -0.05) is 84.9 Å². The monoisotopic (exact) mass is 769 g/mol. The Morgan fingerprint density at radius 3 is 1.13 bits per heavy atom. The van der Waals surface area contributed by atoms with E-state index in [1.807, 2.05) is 0 Å². The van der Waals surface area contributed by atoms with Crippen LogP contribution in [-0.4, -0.2) is 35.0 Å². The molecule has 2 aliphatic rings. The Hall–Kier alpha value is -8.24. The average Bonchev–Trinajstić information content (AvgIpc) is 4.14. The summed E-state index contributed by atoms with van der Waals surface area (Å²) in [6, 6.07) is 69.3. The maximum Gasteiger partial charge on any atom is 0.519 e. The molecule has 0 unspecified atom stereocenters. The highest BCUT2D eigenvalue weighted by atomic mass is 15.4. The first kappa shape index (κ1) is 31.8. The van der Waals surface area contributed by atoms with E-state index in [1.54, 1.807) is 0 Å². The van der Waals surface area contributed by atoms with Gasteiger partial charge in [-0.05, 0) is 109 Å². The number of benzene rings is 8. The van der Waals surface area contributed by atoms with Crippen LogP contribution in [0.25, 0.3) is 67.1 Å². The topological polar surface area (TPSA) is 54.2 Å². The Morgan fingerprint density at radius 2 is 0.683 bits per heavy atom. The first-order chi connectivity index (χ1) is 29.8. The highest BCUT2D eigenvalue weighted by Crippen LogP contribution is 2.56. The lowest BCUT2D eigenvalue weighted by atomic mass is 9.86. The molecular formula is C50H32BN9. The molecule has 9 nitrogen and oxygen atoms in total. The number of nitrogens with zero attached hydrogens (tertiary/aromatic N) is 9. The Labute approximate surface area is 343 Å². The Balaban J connectivity index is 1.02. The van der Waals surface area contributed by atoms with Crippen LogP contribution in [0.3, 0.4) is 0 Å². The van der Waals surface area contributed by atoms with E-state index < -0.39 is 0 Å². The molecule has 4 aromatic heterocycles. The van der Waals surface area contributed by atoms with E-state index in [0.29, 0.717) is 0 Å². The number of aromatic nitrogens is 6. The van der Waals surface area contributed by atoms with Crippen molar-refractivity contribution in [2.75, 3.05) is 14.4 Å². The van der Waals surface area contributed by atoms with Gasteiger partial charge in [0.1, 0.15) is 0 Å². The summed E-state index contributed by atoms with van der Waals surface area (Å²) in [7, 11) is -0.229. The molecule has 60 heavy (non-hydrogen) atoms. The summed E-state index contributed by atoms with van der Waals surface area (Å²) < 4.78 is 9.18. The van der Waals surface area contributed by atoms with Crippen LogP contribution in [0.15, 0.2) is 194 Å². The Bertz CT molecular complexity index is 3470. The van der Waals surface area contributed by atoms with Crippen molar-refractivity contribution in [1.29, 1.82) is 0 Å². The highest BCUT2D eigenvalue weighted by Gasteiger charge is 2.53. The largest absolute Gasteiger partial charge is 0.519 e. The van der Waals surface area contributed by atoms with Crippen molar-refractivity contribution in [3.63, 3.8) is 0 Å². The molecule has 0 saturated heterocycles. The molecule has 0 fully saturated rings. The van der Waals surface area contributed by atoms with Gasteiger partial charge >= 0.3 is 7.12 Å². The minimum Gasteiger partial charge on any atom is -0.343 e. The lowest BCUT2D eigenvalue weighted by Gasteiger charge is -2.31. The van der Waals surface area contributed by atoms with Crippen LogP contribution in [-0.2, 0) is 0 Å². The third-order valence-corrected chi connectivity index (χ3v) is 12.4. The van der Waals surface area contributed by atoms with E-state index >= 15 is 0 Å².